The number of benzene rings is 1. The van der Waals surface area contributed by atoms with Gasteiger partial charge in [-0.15, -0.1) is 5.10 Å². The Morgan fingerprint density at radius 1 is 1.23 bits per heavy atom. The van der Waals surface area contributed by atoms with Gasteiger partial charge in [0.05, 0.1) is 18.0 Å². The maximum absolute atomic E-state index is 10.8. The minimum Gasteiger partial charge on any atom is -0.497 e. The molecule has 0 amide bonds. The van der Waals surface area contributed by atoms with Crippen molar-refractivity contribution < 1.29 is 9.84 Å². The maximum atomic E-state index is 10.8. The van der Waals surface area contributed by atoms with Crippen LogP contribution in [0.15, 0.2) is 24.3 Å². The van der Waals surface area contributed by atoms with Gasteiger partial charge in [-0.25, -0.2) is 4.98 Å². The van der Waals surface area contributed by atoms with Crippen molar-refractivity contribution in [3.05, 3.63) is 40.5 Å². The van der Waals surface area contributed by atoms with Crippen LogP contribution in [0.5, 0.6) is 11.6 Å². The molecule has 138 valence electrons. The summed E-state index contributed by atoms with van der Waals surface area (Å²) in [5.74, 6) is 2.46. The van der Waals surface area contributed by atoms with Gasteiger partial charge in [0.15, 0.2) is 0 Å². The molecule has 0 aliphatic carbocycles. The van der Waals surface area contributed by atoms with Crippen molar-refractivity contribution in [3.63, 3.8) is 0 Å². The maximum Gasteiger partial charge on any atom is 0.230 e. The summed E-state index contributed by atoms with van der Waals surface area (Å²) in [5.41, 5.74) is 1.15. The fourth-order valence-corrected chi connectivity index (χ4v) is 4.79. The van der Waals surface area contributed by atoms with Crippen LogP contribution in [0.4, 0.5) is 0 Å². The van der Waals surface area contributed by atoms with Crippen LogP contribution in [0.25, 0.3) is 4.96 Å². The topological polar surface area (TPSA) is 62.9 Å². The van der Waals surface area contributed by atoms with Crippen LogP contribution in [-0.2, 0) is 0 Å². The molecule has 0 saturated carbocycles. The van der Waals surface area contributed by atoms with Gasteiger partial charge >= 0.3 is 0 Å². The first-order valence-corrected chi connectivity index (χ1v) is 9.81. The van der Waals surface area contributed by atoms with E-state index in [-0.39, 0.29) is 11.9 Å². The number of likely N-dealkylation sites (tertiary alicyclic amines) is 1. The Bertz CT molecular complexity index is 894. The fourth-order valence-electron chi connectivity index (χ4n) is 3.63. The van der Waals surface area contributed by atoms with E-state index in [0.717, 1.165) is 40.2 Å². The molecule has 1 fully saturated rings. The standard InChI is InChI=1S/C19H24N4O2S/c1-12-8-10-22(11-9-12)16(14-4-6-15(25-3)7-5-14)17-18(24)23-19(26-17)20-13(2)21-23/h4-7,12,16,24H,8-11H2,1-3H3/t16-/m1/s1. The summed E-state index contributed by atoms with van der Waals surface area (Å²) in [7, 11) is 1.67. The number of rotatable bonds is 4. The van der Waals surface area contributed by atoms with Gasteiger partial charge in [-0.2, -0.15) is 4.52 Å². The summed E-state index contributed by atoms with van der Waals surface area (Å²) in [6.45, 7) is 6.18. The molecule has 0 radical (unpaired) electrons. The number of methoxy groups -OCH3 is 1. The molecule has 3 heterocycles. The summed E-state index contributed by atoms with van der Waals surface area (Å²) in [4.78, 5) is 8.52. The normalized spacial score (nSPS) is 17.7. The molecule has 0 bridgehead atoms. The average Bonchev–Trinajstić information content (AvgIpc) is 3.15. The molecule has 1 N–H and O–H groups in total. The van der Waals surface area contributed by atoms with E-state index in [2.05, 4.69) is 34.0 Å². The zero-order chi connectivity index (χ0) is 18.3. The molecule has 1 saturated heterocycles. The number of hydrogen-bond acceptors (Lipinski definition) is 6. The largest absolute Gasteiger partial charge is 0.497 e. The molecule has 0 spiro atoms. The van der Waals surface area contributed by atoms with Crippen LogP contribution in [-0.4, -0.2) is 44.8 Å². The summed E-state index contributed by atoms with van der Waals surface area (Å²) >= 11 is 1.52. The second-order valence-corrected chi connectivity index (χ2v) is 8.05. The van der Waals surface area contributed by atoms with Gasteiger partial charge in [0.2, 0.25) is 10.8 Å². The first-order chi connectivity index (χ1) is 12.6. The molecule has 6 nitrogen and oxygen atoms in total. The molecular weight excluding hydrogens is 348 g/mol. The molecule has 3 aromatic rings. The van der Waals surface area contributed by atoms with E-state index in [9.17, 15) is 5.11 Å². The first-order valence-electron chi connectivity index (χ1n) is 9.00. The quantitative estimate of drug-likeness (QED) is 0.758. The van der Waals surface area contributed by atoms with Gasteiger partial charge in [0, 0.05) is 0 Å². The number of piperidine rings is 1. The van der Waals surface area contributed by atoms with Gasteiger partial charge in [0.1, 0.15) is 11.6 Å². The molecule has 0 unspecified atom stereocenters. The molecule has 7 heteroatoms. The van der Waals surface area contributed by atoms with E-state index in [1.165, 1.54) is 24.2 Å². The zero-order valence-corrected chi connectivity index (χ0v) is 16.2. The highest BCUT2D eigenvalue weighted by Crippen LogP contribution is 2.41. The van der Waals surface area contributed by atoms with Crippen molar-refractivity contribution in [1.82, 2.24) is 19.5 Å². The van der Waals surface area contributed by atoms with Gasteiger partial charge in [-0.3, -0.25) is 4.90 Å². The average molecular weight is 372 g/mol. The lowest BCUT2D eigenvalue weighted by atomic mass is 9.95. The van der Waals surface area contributed by atoms with E-state index in [1.807, 2.05) is 19.1 Å². The van der Waals surface area contributed by atoms with E-state index < -0.39 is 0 Å². The third-order valence-corrected chi connectivity index (χ3v) is 6.24. The van der Waals surface area contributed by atoms with Crippen LogP contribution >= 0.6 is 11.3 Å². The van der Waals surface area contributed by atoms with Crippen molar-refractivity contribution in [2.24, 2.45) is 5.92 Å². The summed E-state index contributed by atoms with van der Waals surface area (Å²) < 4.78 is 6.86. The summed E-state index contributed by atoms with van der Waals surface area (Å²) in [6.07, 6.45) is 2.35. The number of nitrogens with zero attached hydrogens (tertiary/aromatic N) is 4. The second-order valence-electron chi connectivity index (χ2n) is 7.04. The summed E-state index contributed by atoms with van der Waals surface area (Å²) in [6, 6.07) is 8.13. The molecule has 26 heavy (non-hydrogen) atoms. The smallest absolute Gasteiger partial charge is 0.230 e. The van der Waals surface area contributed by atoms with Gasteiger partial charge in [-0.1, -0.05) is 30.4 Å². The third-order valence-electron chi connectivity index (χ3n) is 5.17. The fraction of sp³-hybridized carbons (Fsp3) is 0.474. The molecule has 1 aliphatic rings. The minimum absolute atomic E-state index is 0.00205. The van der Waals surface area contributed by atoms with Gasteiger partial charge in [0.25, 0.3) is 0 Å². The van der Waals surface area contributed by atoms with E-state index in [1.54, 1.807) is 11.6 Å². The second kappa shape index (κ2) is 6.89. The highest BCUT2D eigenvalue weighted by molar-refractivity contribution is 7.17. The Morgan fingerprint density at radius 2 is 1.92 bits per heavy atom. The molecule has 1 aromatic carbocycles. The van der Waals surface area contributed by atoms with Crippen LogP contribution in [0, 0.1) is 12.8 Å². The van der Waals surface area contributed by atoms with Gasteiger partial charge < -0.3 is 9.84 Å². The van der Waals surface area contributed by atoms with Crippen molar-refractivity contribution in [1.29, 1.82) is 0 Å². The zero-order valence-electron chi connectivity index (χ0n) is 15.3. The first kappa shape index (κ1) is 17.3. The predicted molar refractivity (Wildman–Crippen MR) is 102 cm³/mol. The van der Waals surface area contributed by atoms with Crippen LogP contribution in [0.3, 0.4) is 0 Å². The lowest BCUT2D eigenvalue weighted by Gasteiger charge is -2.36. The van der Waals surface area contributed by atoms with Crippen LogP contribution in [0.2, 0.25) is 0 Å². The Morgan fingerprint density at radius 3 is 2.54 bits per heavy atom. The lowest BCUT2D eigenvalue weighted by Crippen LogP contribution is -2.36. The molecule has 1 aliphatic heterocycles. The van der Waals surface area contributed by atoms with Crippen molar-refractivity contribution in [2.45, 2.75) is 32.7 Å². The van der Waals surface area contributed by atoms with Crippen molar-refractivity contribution >= 4 is 16.3 Å². The lowest BCUT2D eigenvalue weighted by molar-refractivity contribution is 0.157. The van der Waals surface area contributed by atoms with Crippen molar-refractivity contribution in [3.8, 4) is 11.6 Å². The Kier molecular flexibility index (Phi) is 4.58. The number of aromatic hydroxyl groups is 1. The van der Waals surface area contributed by atoms with Crippen molar-refractivity contribution in [2.75, 3.05) is 20.2 Å². The SMILES string of the molecule is COc1ccc([C@H](c2sc3nc(C)nn3c2O)N2CCC(C)CC2)cc1. The number of aromatic nitrogens is 3. The third kappa shape index (κ3) is 3.05. The van der Waals surface area contributed by atoms with Gasteiger partial charge in [-0.05, 0) is 56.5 Å². The predicted octanol–water partition coefficient (Wildman–Crippen LogP) is 3.63. The van der Waals surface area contributed by atoms with E-state index >= 15 is 0 Å². The number of aryl methyl sites for hydroxylation is 1. The molecular formula is C19H24N4O2S. The van der Waals surface area contributed by atoms with Crippen LogP contribution < -0.4 is 4.74 Å². The number of ether oxygens (including phenoxy) is 1. The van der Waals surface area contributed by atoms with Crippen LogP contribution in [0.1, 0.15) is 42.1 Å². The molecule has 1 atom stereocenters. The molecule has 2 aromatic heterocycles. The highest BCUT2D eigenvalue weighted by Gasteiger charge is 2.31. The van der Waals surface area contributed by atoms with E-state index in [0.29, 0.717) is 5.82 Å². The van der Waals surface area contributed by atoms with E-state index in [4.69, 9.17) is 4.74 Å². The Hall–Kier alpha value is -2.12. The Labute approximate surface area is 157 Å². The number of hydrogen-bond donors (Lipinski definition) is 1. The highest BCUT2D eigenvalue weighted by atomic mass is 32.1. The Balaban J connectivity index is 1.77. The molecule has 4 rings (SSSR count). The number of thiazole rings is 1. The number of fused-ring (bicyclic) bond motifs is 1. The summed E-state index contributed by atoms with van der Waals surface area (Å²) in [5, 5.41) is 15.2. The monoisotopic (exact) mass is 372 g/mol. The minimum atomic E-state index is 0.00205.